The smallest absolute Gasteiger partial charge is 0.305 e. The average molecular weight is 479 g/mol. The molecule has 0 aliphatic heterocycles. The molecule has 1 aromatic rings. The summed E-state index contributed by atoms with van der Waals surface area (Å²) in [4.78, 5) is 15.7. The Balaban J connectivity index is 0.00000625. The molecule has 0 saturated heterocycles. The van der Waals surface area contributed by atoms with Crippen molar-refractivity contribution in [3.8, 4) is 0 Å². The van der Waals surface area contributed by atoms with Gasteiger partial charge in [0, 0.05) is 37.8 Å². The zero-order chi connectivity index (χ0) is 18.7. The molecule has 1 rings (SSSR count). The number of hydrogen-bond acceptors (Lipinski definition) is 4. The van der Waals surface area contributed by atoms with Crippen LogP contribution in [0.15, 0.2) is 4.99 Å². The zero-order valence-electron chi connectivity index (χ0n) is 16.7. The number of rotatable bonds is 10. The number of methoxy groups -OCH3 is 1. The largest absolute Gasteiger partial charge is 0.469 e. The number of aromatic nitrogens is 2. The van der Waals surface area contributed by atoms with Crippen molar-refractivity contribution in [2.24, 2.45) is 12.0 Å². The highest BCUT2D eigenvalue weighted by Gasteiger charge is 2.08. The fourth-order valence-electron chi connectivity index (χ4n) is 2.60. The second kappa shape index (κ2) is 13.8. The summed E-state index contributed by atoms with van der Waals surface area (Å²) in [7, 11) is 3.39. The Morgan fingerprint density at radius 1 is 1.19 bits per heavy atom. The maximum absolute atomic E-state index is 11.0. The molecule has 0 radical (unpaired) electrons. The second-order valence-corrected chi connectivity index (χ2v) is 6.14. The van der Waals surface area contributed by atoms with Gasteiger partial charge in [0.25, 0.3) is 0 Å². The molecule has 150 valence electrons. The lowest BCUT2D eigenvalue weighted by atomic mass is 10.1. The fraction of sp³-hybridized carbons (Fsp3) is 0.722. The van der Waals surface area contributed by atoms with Crippen LogP contribution < -0.4 is 10.6 Å². The highest BCUT2D eigenvalue weighted by Crippen LogP contribution is 2.12. The van der Waals surface area contributed by atoms with Gasteiger partial charge >= 0.3 is 5.97 Å². The molecule has 0 saturated carbocycles. The Bertz CT molecular complexity index is 572. The lowest BCUT2D eigenvalue weighted by Gasteiger charge is -2.11. The van der Waals surface area contributed by atoms with Gasteiger partial charge in [-0.15, -0.1) is 24.0 Å². The molecule has 0 aliphatic carbocycles. The Kier molecular flexibility index (Phi) is 13.1. The van der Waals surface area contributed by atoms with Gasteiger partial charge in [0.2, 0.25) is 0 Å². The predicted molar refractivity (Wildman–Crippen MR) is 116 cm³/mol. The summed E-state index contributed by atoms with van der Waals surface area (Å²) in [5.74, 6) is 0.709. The van der Waals surface area contributed by atoms with E-state index in [-0.39, 0.29) is 29.9 Å². The first-order valence-corrected chi connectivity index (χ1v) is 9.07. The monoisotopic (exact) mass is 479 g/mol. The summed E-state index contributed by atoms with van der Waals surface area (Å²) < 4.78 is 6.53. The number of unbranched alkanes of at least 4 members (excludes halogenated alkanes) is 3. The van der Waals surface area contributed by atoms with Gasteiger partial charge in [-0.05, 0) is 33.6 Å². The Labute approximate surface area is 174 Å². The summed E-state index contributed by atoms with van der Waals surface area (Å²) in [6, 6.07) is 0. The van der Waals surface area contributed by atoms with Crippen molar-refractivity contribution < 1.29 is 9.53 Å². The van der Waals surface area contributed by atoms with E-state index in [1.807, 2.05) is 18.7 Å². The van der Waals surface area contributed by atoms with Crippen LogP contribution in [0, 0.1) is 13.8 Å². The first kappa shape index (κ1) is 24.7. The molecule has 0 atom stereocenters. The van der Waals surface area contributed by atoms with Gasteiger partial charge < -0.3 is 15.4 Å². The minimum absolute atomic E-state index is 0. The first-order chi connectivity index (χ1) is 12.0. The highest BCUT2D eigenvalue weighted by molar-refractivity contribution is 14.0. The van der Waals surface area contributed by atoms with Crippen molar-refractivity contribution in [3.05, 3.63) is 17.0 Å². The van der Waals surface area contributed by atoms with Crippen LogP contribution in [-0.4, -0.2) is 41.9 Å². The molecule has 0 fully saturated rings. The van der Waals surface area contributed by atoms with E-state index in [9.17, 15) is 4.79 Å². The van der Waals surface area contributed by atoms with Crippen LogP contribution in [0.4, 0.5) is 0 Å². The first-order valence-electron chi connectivity index (χ1n) is 9.07. The topological polar surface area (TPSA) is 80.5 Å². The van der Waals surface area contributed by atoms with Gasteiger partial charge in [0.05, 0.1) is 19.3 Å². The van der Waals surface area contributed by atoms with Gasteiger partial charge in [0.1, 0.15) is 0 Å². The zero-order valence-corrected chi connectivity index (χ0v) is 19.1. The van der Waals surface area contributed by atoms with Crippen molar-refractivity contribution in [1.82, 2.24) is 20.4 Å². The Morgan fingerprint density at radius 3 is 2.46 bits per heavy atom. The molecule has 0 unspecified atom stereocenters. The van der Waals surface area contributed by atoms with Crippen molar-refractivity contribution in [2.75, 3.05) is 20.2 Å². The molecule has 0 aromatic carbocycles. The number of carbonyl (C=O) groups excluding carboxylic acids is 1. The van der Waals surface area contributed by atoms with Gasteiger partial charge in [0.15, 0.2) is 5.96 Å². The van der Waals surface area contributed by atoms with Crippen molar-refractivity contribution in [1.29, 1.82) is 0 Å². The molecule has 0 bridgehead atoms. The van der Waals surface area contributed by atoms with Gasteiger partial charge in [-0.3, -0.25) is 9.48 Å². The van der Waals surface area contributed by atoms with E-state index < -0.39 is 0 Å². The summed E-state index contributed by atoms with van der Waals surface area (Å²) in [5, 5.41) is 11.1. The molecule has 0 aliphatic rings. The molecule has 7 nitrogen and oxygen atoms in total. The molecule has 1 aromatic heterocycles. The SMILES string of the molecule is CCNC(=NCc1c(C)nn(C)c1C)NCCCCCCC(=O)OC.I. The minimum Gasteiger partial charge on any atom is -0.469 e. The number of halogens is 1. The molecule has 1 heterocycles. The average Bonchev–Trinajstić information content (AvgIpc) is 2.83. The number of nitrogens with zero attached hydrogens (tertiary/aromatic N) is 3. The fourth-order valence-corrected chi connectivity index (χ4v) is 2.60. The van der Waals surface area contributed by atoms with Crippen LogP contribution in [-0.2, 0) is 23.1 Å². The third-order valence-electron chi connectivity index (χ3n) is 4.23. The van der Waals surface area contributed by atoms with Crippen LogP contribution in [0.5, 0.6) is 0 Å². The predicted octanol–water partition coefficient (Wildman–Crippen LogP) is 2.83. The van der Waals surface area contributed by atoms with Crippen molar-refractivity contribution in [3.63, 3.8) is 0 Å². The number of aryl methyl sites for hydroxylation is 2. The molecule has 26 heavy (non-hydrogen) atoms. The lowest BCUT2D eigenvalue weighted by Crippen LogP contribution is -2.37. The molecule has 2 N–H and O–H groups in total. The number of guanidine groups is 1. The Hall–Kier alpha value is -1.32. The van der Waals surface area contributed by atoms with E-state index in [1.165, 1.54) is 12.7 Å². The van der Waals surface area contributed by atoms with E-state index in [0.717, 1.165) is 56.1 Å². The molecular weight excluding hydrogens is 445 g/mol. The number of carbonyl (C=O) groups is 1. The van der Waals surface area contributed by atoms with E-state index in [1.54, 1.807) is 0 Å². The lowest BCUT2D eigenvalue weighted by molar-refractivity contribution is -0.140. The number of aliphatic imine (C=N–C) groups is 1. The Morgan fingerprint density at radius 2 is 1.88 bits per heavy atom. The maximum atomic E-state index is 11.0. The van der Waals surface area contributed by atoms with Gasteiger partial charge in [-0.25, -0.2) is 4.99 Å². The summed E-state index contributed by atoms with van der Waals surface area (Å²) in [6.07, 6.45) is 4.58. The van der Waals surface area contributed by atoms with Crippen LogP contribution in [0.25, 0.3) is 0 Å². The molecule has 0 amide bonds. The number of nitrogens with one attached hydrogen (secondary N) is 2. The van der Waals surface area contributed by atoms with Crippen molar-refractivity contribution >= 4 is 35.9 Å². The second-order valence-electron chi connectivity index (χ2n) is 6.14. The van der Waals surface area contributed by atoms with Crippen molar-refractivity contribution in [2.45, 2.75) is 59.4 Å². The molecular formula is C18H34IN5O2. The van der Waals surface area contributed by atoms with E-state index in [2.05, 4.69) is 39.3 Å². The third-order valence-corrected chi connectivity index (χ3v) is 4.23. The summed E-state index contributed by atoms with van der Waals surface area (Å²) >= 11 is 0. The van der Waals surface area contributed by atoms with Crippen LogP contribution >= 0.6 is 24.0 Å². The summed E-state index contributed by atoms with van der Waals surface area (Å²) in [6.45, 7) is 8.47. The molecule has 8 heteroatoms. The number of ether oxygens (including phenoxy) is 1. The highest BCUT2D eigenvalue weighted by atomic mass is 127. The van der Waals surface area contributed by atoms with Crippen LogP contribution in [0.3, 0.4) is 0 Å². The number of hydrogen-bond donors (Lipinski definition) is 2. The quantitative estimate of drug-likeness (QED) is 0.177. The van der Waals surface area contributed by atoms with E-state index in [0.29, 0.717) is 13.0 Å². The summed E-state index contributed by atoms with van der Waals surface area (Å²) in [5.41, 5.74) is 3.37. The standard InChI is InChI=1S/C18H33N5O2.HI/c1-6-19-18(20-12-10-8-7-9-11-17(24)25-5)21-13-16-14(2)22-23(4)15(16)3;/h6-13H2,1-5H3,(H2,19,20,21);1H. The van der Waals surface area contributed by atoms with Gasteiger partial charge in [-0.2, -0.15) is 5.10 Å². The number of esters is 1. The van der Waals surface area contributed by atoms with Crippen LogP contribution in [0.2, 0.25) is 0 Å². The van der Waals surface area contributed by atoms with Crippen LogP contribution in [0.1, 0.15) is 56.0 Å². The van der Waals surface area contributed by atoms with E-state index >= 15 is 0 Å². The normalized spacial score (nSPS) is 11.0. The maximum Gasteiger partial charge on any atom is 0.305 e. The van der Waals surface area contributed by atoms with E-state index in [4.69, 9.17) is 0 Å². The third kappa shape index (κ3) is 8.86. The minimum atomic E-state index is -0.124. The van der Waals surface area contributed by atoms with Gasteiger partial charge in [-0.1, -0.05) is 12.8 Å². The molecule has 0 spiro atoms.